The van der Waals surface area contributed by atoms with Gasteiger partial charge in [0.15, 0.2) is 5.78 Å². The van der Waals surface area contributed by atoms with Crippen molar-refractivity contribution in [2.45, 2.75) is 25.4 Å². The molecular formula is C13H11F3N2O. The van der Waals surface area contributed by atoms with E-state index in [1.807, 2.05) is 0 Å². The molecule has 0 bridgehead atoms. The second kappa shape index (κ2) is 5.34. The zero-order valence-corrected chi connectivity index (χ0v) is 9.94. The lowest BCUT2D eigenvalue weighted by Crippen LogP contribution is -2.09. The summed E-state index contributed by atoms with van der Waals surface area (Å²) in [5.74, 6) is -0.414. The summed E-state index contributed by atoms with van der Waals surface area (Å²) in [7, 11) is 0. The molecule has 0 unspecified atom stereocenters. The van der Waals surface area contributed by atoms with Crippen LogP contribution in [-0.2, 0) is 0 Å². The summed E-state index contributed by atoms with van der Waals surface area (Å²) in [6.07, 6.45) is -4.28. The van der Waals surface area contributed by atoms with Gasteiger partial charge in [-0.1, -0.05) is 12.1 Å². The molecule has 1 heterocycles. The third-order valence-electron chi connectivity index (χ3n) is 2.60. The van der Waals surface area contributed by atoms with Crippen molar-refractivity contribution in [2.24, 2.45) is 0 Å². The first-order valence-corrected chi connectivity index (χ1v) is 5.77. The van der Waals surface area contributed by atoms with Gasteiger partial charge < -0.3 is 0 Å². The molecule has 2 aromatic rings. The fourth-order valence-corrected chi connectivity index (χ4v) is 1.67. The van der Waals surface area contributed by atoms with Crippen LogP contribution in [-0.4, -0.2) is 21.9 Å². The molecule has 0 aliphatic carbocycles. The number of aromatic nitrogens is 2. The van der Waals surface area contributed by atoms with Crippen LogP contribution in [0, 0.1) is 0 Å². The van der Waals surface area contributed by atoms with Crippen molar-refractivity contribution in [3.05, 3.63) is 36.2 Å². The molecule has 1 aromatic carbocycles. The molecule has 0 atom stereocenters. The zero-order valence-electron chi connectivity index (χ0n) is 9.94. The van der Waals surface area contributed by atoms with Crippen molar-refractivity contribution in [1.82, 2.24) is 9.97 Å². The molecule has 0 saturated heterocycles. The molecular weight excluding hydrogens is 257 g/mol. The molecule has 0 spiro atoms. The van der Waals surface area contributed by atoms with Gasteiger partial charge in [-0.2, -0.15) is 13.2 Å². The normalized spacial score (nSPS) is 11.7. The number of rotatable bonds is 4. The Labute approximate surface area is 107 Å². The predicted molar refractivity (Wildman–Crippen MR) is 63.8 cm³/mol. The smallest absolute Gasteiger partial charge is 0.292 e. The lowest BCUT2D eigenvalue weighted by Gasteiger charge is -2.05. The van der Waals surface area contributed by atoms with Crippen LogP contribution in [0.25, 0.3) is 11.0 Å². The van der Waals surface area contributed by atoms with Crippen molar-refractivity contribution in [2.75, 3.05) is 0 Å². The maximum Gasteiger partial charge on any atom is 0.389 e. The standard InChI is InChI=1S/C13H11F3N2O/c14-13(15,16)7-3-6-12(19)11-8-17-9-4-1-2-5-10(9)18-11/h1-2,4-5,8H,3,6-7H2. The molecule has 2 rings (SSSR count). The molecule has 0 saturated carbocycles. The molecule has 19 heavy (non-hydrogen) atoms. The van der Waals surface area contributed by atoms with Gasteiger partial charge in [0.25, 0.3) is 0 Å². The van der Waals surface area contributed by atoms with Crippen LogP contribution in [0.15, 0.2) is 30.5 Å². The Balaban J connectivity index is 2.05. The monoisotopic (exact) mass is 268 g/mol. The molecule has 3 nitrogen and oxygen atoms in total. The average molecular weight is 268 g/mol. The molecule has 0 fully saturated rings. The molecule has 6 heteroatoms. The van der Waals surface area contributed by atoms with E-state index in [1.165, 1.54) is 6.20 Å². The molecule has 0 amide bonds. The lowest BCUT2D eigenvalue weighted by molar-refractivity contribution is -0.135. The molecule has 100 valence electrons. The van der Waals surface area contributed by atoms with E-state index in [1.54, 1.807) is 24.3 Å². The lowest BCUT2D eigenvalue weighted by atomic mass is 10.1. The Hall–Kier alpha value is -1.98. The number of hydrogen-bond acceptors (Lipinski definition) is 3. The Kier molecular flexibility index (Phi) is 3.78. The molecule has 1 aromatic heterocycles. The molecule has 0 radical (unpaired) electrons. The highest BCUT2D eigenvalue weighted by molar-refractivity contribution is 5.95. The number of hydrogen-bond donors (Lipinski definition) is 0. The van der Waals surface area contributed by atoms with Crippen molar-refractivity contribution in [1.29, 1.82) is 0 Å². The van der Waals surface area contributed by atoms with Gasteiger partial charge in [0.1, 0.15) is 5.69 Å². The third-order valence-corrected chi connectivity index (χ3v) is 2.60. The predicted octanol–water partition coefficient (Wildman–Crippen LogP) is 3.55. The number of benzene rings is 1. The van der Waals surface area contributed by atoms with E-state index in [0.717, 1.165) is 0 Å². The van der Waals surface area contributed by atoms with E-state index in [-0.39, 0.29) is 18.5 Å². The van der Waals surface area contributed by atoms with Gasteiger partial charge in [-0.05, 0) is 18.6 Å². The number of nitrogens with zero attached hydrogens (tertiary/aromatic N) is 2. The summed E-state index contributed by atoms with van der Waals surface area (Å²) in [5, 5.41) is 0. The van der Waals surface area contributed by atoms with E-state index < -0.39 is 18.4 Å². The minimum absolute atomic E-state index is 0.112. The summed E-state index contributed by atoms with van der Waals surface area (Å²) in [4.78, 5) is 19.9. The Morgan fingerprint density at radius 1 is 1.16 bits per heavy atom. The maximum absolute atomic E-state index is 12.0. The number of halogens is 3. The Morgan fingerprint density at radius 2 is 1.84 bits per heavy atom. The van der Waals surface area contributed by atoms with Crippen molar-refractivity contribution < 1.29 is 18.0 Å². The van der Waals surface area contributed by atoms with Gasteiger partial charge in [0, 0.05) is 12.8 Å². The largest absolute Gasteiger partial charge is 0.389 e. The summed E-state index contributed by atoms with van der Waals surface area (Å²) >= 11 is 0. The average Bonchev–Trinajstić information content (AvgIpc) is 2.36. The van der Waals surface area contributed by atoms with Gasteiger partial charge in [-0.25, -0.2) is 4.98 Å². The van der Waals surface area contributed by atoms with Crippen LogP contribution in [0.3, 0.4) is 0 Å². The van der Waals surface area contributed by atoms with E-state index in [0.29, 0.717) is 11.0 Å². The topological polar surface area (TPSA) is 42.9 Å². The van der Waals surface area contributed by atoms with Gasteiger partial charge in [-0.15, -0.1) is 0 Å². The second-order valence-electron chi connectivity index (χ2n) is 4.14. The number of Topliss-reactive ketones (excluding diaryl/α,β-unsaturated/α-hetero) is 1. The number of carbonyl (C=O) groups excluding carboxylic acids is 1. The quantitative estimate of drug-likeness (QED) is 0.796. The van der Waals surface area contributed by atoms with E-state index >= 15 is 0 Å². The van der Waals surface area contributed by atoms with Gasteiger partial charge in [0.05, 0.1) is 17.2 Å². The first-order valence-electron chi connectivity index (χ1n) is 5.77. The minimum atomic E-state index is -4.23. The number of ketones is 1. The van der Waals surface area contributed by atoms with Crippen LogP contribution in [0.2, 0.25) is 0 Å². The summed E-state index contributed by atoms with van der Waals surface area (Å²) in [6, 6.07) is 7.01. The summed E-state index contributed by atoms with van der Waals surface area (Å²) in [5.41, 5.74) is 1.32. The number of fused-ring (bicyclic) bond motifs is 1. The third kappa shape index (κ3) is 3.74. The van der Waals surface area contributed by atoms with Crippen molar-refractivity contribution in [3.63, 3.8) is 0 Å². The first kappa shape index (κ1) is 13.5. The van der Waals surface area contributed by atoms with E-state index in [9.17, 15) is 18.0 Å². The van der Waals surface area contributed by atoms with Gasteiger partial charge >= 0.3 is 6.18 Å². The summed E-state index contributed by atoms with van der Waals surface area (Å²) < 4.78 is 35.9. The second-order valence-corrected chi connectivity index (χ2v) is 4.14. The highest BCUT2D eigenvalue weighted by Crippen LogP contribution is 2.22. The fourth-order valence-electron chi connectivity index (χ4n) is 1.67. The zero-order chi connectivity index (χ0) is 13.9. The fraction of sp³-hybridized carbons (Fsp3) is 0.308. The molecule has 0 aliphatic rings. The van der Waals surface area contributed by atoms with E-state index in [4.69, 9.17) is 0 Å². The SMILES string of the molecule is O=C(CCCC(F)(F)F)c1cnc2ccccc2n1. The number of carbonyl (C=O) groups is 1. The van der Waals surface area contributed by atoms with Crippen LogP contribution in [0.5, 0.6) is 0 Å². The molecule has 0 N–H and O–H groups in total. The highest BCUT2D eigenvalue weighted by atomic mass is 19.4. The Morgan fingerprint density at radius 3 is 2.53 bits per heavy atom. The van der Waals surface area contributed by atoms with Gasteiger partial charge in [0.2, 0.25) is 0 Å². The van der Waals surface area contributed by atoms with E-state index in [2.05, 4.69) is 9.97 Å². The van der Waals surface area contributed by atoms with Crippen molar-refractivity contribution >= 4 is 16.8 Å². The molecule has 0 aliphatic heterocycles. The van der Waals surface area contributed by atoms with Crippen LogP contribution in [0.4, 0.5) is 13.2 Å². The number of para-hydroxylation sites is 2. The number of alkyl halides is 3. The van der Waals surface area contributed by atoms with Crippen LogP contribution in [0.1, 0.15) is 29.8 Å². The van der Waals surface area contributed by atoms with Crippen LogP contribution < -0.4 is 0 Å². The minimum Gasteiger partial charge on any atom is -0.292 e. The Bertz CT molecular complexity index is 596. The van der Waals surface area contributed by atoms with Gasteiger partial charge in [-0.3, -0.25) is 9.78 Å². The van der Waals surface area contributed by atoms with Crippen molar-refractivity contribution in [3.8, 4) is 0 Å². The maximum atomic E-state index is 12.0. The van der Waals surface area contributed by atoms with Crippen LogP contribution >= 0.6 is 0 Å². The highest BCUT2D eigenvalue weighted by Gasteiger charge is 2.26. The summed E-state index contributed by atoms with van der Waals surface area (Å²) in [6.45, 7) is 0. The first-order chi connectivity index (χ1) is 8.96.